The molecule has 2 aromatic rings. The SMILES string of the molecule is CCNC(=NCc1cccc(NC(=O)CCN2CCOCC2)c1)NCc1nc(C)c(C)o1.I. The van der Waals surface area contributed by atoms with Gasteiger partial charge in [0.15, 0.2) is 5.96 Å². The molecule has 9 nitrogen and oxygen atoms in total. The number of anilines is 1. The topological polar surface area (TPSA) is 104 Å². The van der Waals surface area contributed by atoms with E-state index >= 15 is 0 Å². The minimum Gasteiger partial charge on any atom is -0.444 e. The van der Waals surface area contributed by atoms with Gasteiger partial charge in [-0.2, -0.15) is 0 Å². The number of halogens is 1. The Kier molecular flexibility index (Phi) is 11.6. The number of hydrogen-bond acceptors (Lipinski definition) is 6. The summed E-state index contributed by atoms with van der Waals surface area (Å²) in [6, 6.07) is 7.79. The van der Waals surface area contributed by atoms with Crippen LogP contribution in [0.1, 0.15) is 36.3 Å². The van der Waals surface area contributed by atoms with Crippen LogP contribution in [0.3, 0.4) is 0 Å². The minimum atomic E-state index is 0. The average Bonchev–Trinajstić information content (AvgIpc) is 3.12. The van der Waals surface area contributed by atoms with Gasteiger partial charge in [0.2, 0.25) is 11.8 Å². The molecule has 1 fully saturated rings. The Morgan fingerprint density at radius 1 is 1.21 bits per heavy atom. The molecule has 0 radical (unpaired) electrons. The van der Waals surface area contributed by atoms with Crippen molar-refractivity contribution in [2.45, 2.75) is 40.3 Å². The third kappa shape index (κ3) is 9.30. The Balaban J connectivity index is 0.00000385. The molecule has 1 aromatic heterocycles. The number of aliphatic imine (C=N–C) groups is 1. The number of nitrogens with one attached hydrogen (secondary N) is 3. The molecule has 1 aliphatic rings. The Labute approximate surface area is 212 Å². The van der Waals surface area contributed by atoms with Crippen molar-refractivity contribution in [3.8, 4) is 0 Å². The molecule has 33 heavy (non-hydrogen) atoms. The second-order valence-corrected chi connectivity index (χ2v) is 7.75. The smallest absolute Gasteiger partial charge is 0.225 e. The van der Waals surface area contributed by atoms with Gasteiger partial charge in [0.25, 0.3) is 0 Å². The van der Waals surface area contributed by atoms with Gasteiger partial charge in [0, 0.05) is 38.3 Å². The number of amides is 1. The molecule has 0 aliphatic carbocycles. The number of oxazole rings is 1. The molecular formula is C23H35IN6O3. The lowest BCUT2D eigenvalue weighted by Crippen LogP contribution is -2.38. The van der Waals surface area contributed by atoms with Crippen LogP contribution in [0.25, 0.3) is 0 Å². The number of ether oxygens (including phenoxy) is 1. The molecule has 1 amide bonds. The van der Waals surface area contributed by atoms with Crippen LogP contribution in [0, 0.1) is 13.8 Å². The number of guanidine groups is 1. The Bertz CT molecular complexity index is 892. The van der Waals surface area contributed by atoms with Crippen molar-refractivity contribution in [2.24, 2.45) is 4.99 Å². The van der Waals surface area contributed by atoms with E-state index < -0.39 is 0 Å². The molecule has 0 saturated carbocycles. The van der Waals surface area contributed by atoms with Crippen LogP contribution < -0.4 is 16.0 Å². The van der Waals surface area contributed by atoms with Crippen molar-refractivity contribution in [1.29, 1.82) is 0 Å². The summed E-state index contributed by atoms with van der Waals surface area (Å²) < 4.78 is 11.0. The summed E-state index contributed by atoms with van der Waals surface area (Å²) >= 11 is 0. The van der Waals surface area contributed by atoms with Gasteiger partial charge in [-0.1, -0.05) is 12.1 Å². The number of aryl methyl sites for hydroxylation is 2. The van der Waals surface area contributed by atoms with Gasteiger partial charge in [-0.15, -0.1) is 24.0 Å². The molecule has 3 rings (SSSR count). The highest BCUT2D eigenvalue weighted by Gasteiger charge is 2.12. The normalized spacial score (nSPS) is 14.5. The maximum absolute atomic E-state index is 12.3. The molecule has 2 heterocycles. The van der Waals surface area contributed by atoms with Crippen molar-refractivity contribution in [1.82, 2.24) is 20.5 Å². The molecular weight excluding hydrogens is 535 g/mol. The monoisotopic (exact) mass is 570 g/mol. The van der Waals surface area contributed by atoms with E-state index in [1.54, 1.807) is 0 Å². The molecule has 3 N–H and O–H groups in total. The van der Waals surface area contributed by atoms with Crippen LogP contribution in [0.5, 0.6) is 0 Å². The van der Waals surface area contributed by atoms with Crippen LogP contribution in [-0.2, 0) is 22.6 Å². The predicted molar refractivity (Wildman–Crippen MR) is 140 cm³/mol. The zero-order valence-electron chi connectivity index (χ0n) is 19.6. The highest BCUT2D eigenvalue weighted by Crippen LogP contribution is 2.12. The van der Waals surface area contributed by atoms with Gasteiger partial charge in [0.1, 0.15) is 5.76 Å². The molecule has 1 saturated heterocycles. The van der Waals surface area contributed by atoms with E-state index in [4.69, 9.17) is 9.15 Å². The number of carbonyl (C=O) groups excluding carboxylic acids is 1. The zero-order chi connectivity index (χ0) is 22.8. The van der Waals surface area contributed by atoms with E-state index in [-0.39, 0.29) is 29.9 Å². The molecule has 182 valence electrons. The third-order valence-electron chi connectivity index (χ3n) is 5.21. The van der Waals surface area contributed by atoms with E-state index in [2.05, 4.69) is 30.8 Å². The van der Waals surface area contributed by atoms with Gasteiger partial charge in [-0.25, -0.2) is 9.98 Å². The van der Waals surface area contributed by atoms with Gasteiger partial charge in [0.05, 0.1) is 32.0 Å². The fourth-order valence-corrected chi connectivity index (χ4v) is 3.34. The summed E-state index contributed by atoms with van der Waals surface area (Å²) in [6.45, 7) is 11.5. The summed E-state index contributed by atoms with van der Waals surface area (Å²) in [7, 11) is 0. The second-order valence-electron chi connectivity index (χ2n) is 7.75. The summed E-state index contributed by atoms with van der Waals surface area (Å²) in [5.74, 6) is 2.16. The molecule has 0 atom stereocenters. The Morgan fingerprint density at radius 2 is 2.00 bits per heavy atom. The van der Waals surface area contributed by atoms with Crippen LogP contribution >= 0.6 is 24.0 Å². The van der Waals surface area contributed by atoms with E-state index in [0.717, 1.165) is 62.1 Å². The first-order valence-corrected chi connectivity index (χ1v) is 11.2. The molecule has 1 aromatic carbocycles. The number of morpholine rings is 1. The first-order valence-electron chi connectivity index (χ1n) is 11.2. The van der Waals surface area contributed by atoms with Crippen LogP contribution in [0.4, 0.5) is 5.69 Å². The molecule has 1 aliphatic heterocycles. The molecule has 0 bridgehead atoms. The third-order valence-corrected chi connectivity index (χ3v) is 5.21. The highest BCUT2D eigenvalue weighted by molar-refractivity contribution is 14.0. The lowest BCUT2D eigenvalue weighted by Gasteiger charge is -2.26. The van der Waals surface area contributed by atoms with Crippen LogP contribution in [-0.4, -0.2) is 61.1 Å². The number of hydrogen-bond donors (Lipinski definition) is 3. The maximum atomic E-state index is 12.3. The molecule has 10 heteroatoms. The number of aromatic nitrogens is 1. The second kappa shape index (κ2) is 14.2. The fourth-order valence-electron chi connectivity index (χ4n) is 3.34. The first kappa shape index (κ1) is 27.1. The van der Waals surface area contributed by atoms with Crippen LogP contribution in [0.15, 0.2) is 33.7 Å². The van der Waals surface area contributed by atoms with E-state index in [1.165, 1.54) is 0 Å². The highest BCUT2D eigenvalue weighted by atomic mass is 127. The van der Waals surface area contributed by atoms with Crippen molar-refractivity contribution < 1.29 is 13.9 Å². The van der Waals surface area contributed by atoms with E-state index in [0.29, 0.717) is 31.4 Å². The van der Waals surface area contributed by atoms with Gasteiger partial charge in [-0.3, -0.25) is 9.69 Å². The standard InChI is InChI=1S/C23H34N6O3.HI/c1-4-24-23(26-16-22-27-17(2)18(3)32-22)25-15-19-6-5-7-20(14-19)28-21(30)8-9-29-10-12-31-13-11-29;/h5-7,14H,4,8-13,15-16H2,1-3H3,(H,28,30)(H2,24,25,26);1H. The summed E-state index contributed by atoms with van der Waals surface area (Å²) in [6.07, 6.45) is 0.469. The lowest BCUT2D eigenvalue weighted by molar-refractivity contribution is -0.116. The Morgan fingerprint density at radius 3 is 2.70 bits per heavy atom. The summed E-state index contributed by atoms with van der Waals surface area (Å²) in [5.41, 5.74) is 2.69. The lowest BCUT2D eigenvalue weighted by atomic mass is 10.2. The quantitative estimate of drug-likeness (QED) is 0.242. The van der Waals surface area contributed by atoms with Crippen LogP contribution in [0.2, 0.25) is 0 Å². The summed E-state index contributed by atoms with van der Waals surface area (Å²) in [4.78, 5) is 23.6. The first-order chi connectivity index (χ1) is 15.5. The average molecular weight is 570 g/mol. The fraction of sp³-hybridized carbons (Fsp3) is 0.522. The van der Waals surface area contributed by atoms with Crippen molar-refractivity contribution in [2.75, 3.05) is 44.7 Å². The largest absolute Gasteiger partial charge is 0.444 e. The maximum Gasteiger partial charge on any atom is 0.225 e. The molecule has 0 unspecified atom stereocenters. The van der Waals surface area contributed by atoms with Crippen molar-refractivity contribution >= 4 is 41.5 Å². The van der Waals surface area contributed by atoms with Gasteiger partial charge < -0.3 is 25.1 Å². The number of rotatable bonds is 9. The van der Waals surface area contributed by atoms with Gasteiger partial charge in [-0.05, 0) is 38.5 Å². The molecule has 0 spiro atoms. The zero-order valence-corrected chi connectivity index (χ0v) is 22.0. The van der Waals surface area contributed by atoms with E-state index in [1.807, 2.05) is 45.0 Å². The predicted octanol–water partition coefficient (Wildman–Crippen LogP) is 2.83. The minimum absolute atomic E-state index is 0. The Hall–Kier alpha value is -2.18. The summed E-state index contributed by atoms with van der Waals surface area (Å²) in [5, 5.41) is 9.46. The van der Waals surface area contributed by atoms with E-state index in [9.17, 15) is 4.79 Å². The van der Waals surface area contributed by atoms with Crippen molar-refractivity contribution in [3.05, 3.63) is 47.2 Å². The number of nitrogens with zero attached hydrogens (tertiary/aromatic N) is 3. The number of carbonyl (C=O) groups is 1. The number of benzene rings is 1. The van der Waals surface area contributed by atoms with Crippen molar-refractivity contribution in [3.63, 3.8) is 0 Å². The van der Waals surface area contributed by atoms with Gasteiger partial charge >= 0.3 is 0 Å².